The predicted molar refractivity (Wildman–Crippen MR) is 153 cm³/mol. The fraction of sp³-hybridized carbons (Fsp3) is 0.290. The van der Waals surface area contributed by atoms with Crippen molar-refractivity contribution < 1.29 is 14.0 Å². The number of anilines is 3. The van der Waals surface area contributed by atoms with Crippen molar-refractivity contribution in [2.75, 3.05) is 22.1 Å². The Labute approximate surface area is 232 Å². The van der Waals surface area contributed by atoms with E-state index in [1.807, 2.05) is 72.5 Å². The van der Waals surface area contributed by atoms with Crippen LogP contribution >= 0.6 is 0 Å². The average Bonchev–Trinajstić information content (AvgIpc) is 3.55. The van der Waals surface area contributed by atoms with Crippen molar-refractivity contribution in [2.24, 2.45) is 5.41 Å². The monoisotopic (exact) mass is 536 g/mol. The summed E-state index contributed by atoms with van der Waals surface area (Å²) in [5.74, 6) is 1.27. The van der Waals surface area contributed by atoms with Crippen LogP contribution in [-0.2, 0) is 16.1 Å². The van der Waals surface area contributed by atoms with Crippen LogP contribution in [0.2, 0.25) is 0 Å². The number of allylic oxidation sites excluding steroid dienone is 1. The lowest BCUT2D eigenvalue weighted by atomic mass is 9.74. The lowest BCUT2D eigenvalue weighted by Gasteiger charge is -2.36. The van der Waals surface area contributed by atoms with Crippen molar-refractivity contribution in [3.05, 3.63) is 102 Å². The Hall–Kier alpha value is -4.66. The van der Waals surface area contributed by atoms with Gasteiger partial charge in [0.1, 0.15) is 30.2 Å². The summed E-state index contributed by atoms with van der Waals surface area (Å²) in [5, 5.41) is 10.7. The molecule has 0 saturated carbocycles. The van der Waals surface area contributed by atoms with Crippen molar-refractivity contribution in [2.45, 2.75) is 46.2 Å². The second kappa shape index (κ2) is 10.1. The van der Waals surface area contributed by atoms with Crippen LogP contribution in [0.15, 0.2) is 89.0 Å². The normalized spacial score (nSPS) is 18.0. The summed E-state index contributed by atoms with van der Waals surface area (Å²) in [7, 11) is 0. The molecule has 1 aliphatic heterocycles. The Bertz CT molecular complexity index is 1580. The van der Waals surface area contributed by atoms with Crippen molar-refractivity contribution >= 4 is 28.8 Å². The molecule has 1 unspecified atom stereocenters. The molecule has 1 amide bonds. The van der Waals surface area contributed by atoms with Gasteiger partial charge in [-0.05, 0) is 60.7 Å². The molecule has 2 N–H and O–H groups in total. The van der Waals surface area contributed by atoms with Gasteiger partial charge in [-0.1, -0.05) is 38.1 Å². The molecule has 6 rings (SSSR count). The minimum Gasteiger partial charge on any atom is -0.464 e. The number of amides is 1. The zero-order valence-electron chi connectivity index (χ0n) is 22.8. The first-order chi connectivity index (χ1) is 19.3. The number of aryl methyl sites for hydroxylation is 1. The Morgan fingerprint density at radius 2 is 1.90 bits per heavy atom. The molecule has 2 aromatic carbocycles. The van der Waals surface area contributed by atoms with Gasteiger partial charge in [0.25, 0.3) is 0 Å². The first-order valence-electron chi connectivity index (χ1n) is 13.4. The Morgan fingerprint density at radius 3 is 2.62 bits per heavy atom. The highest BCUT2D eigenvalue weighted by atomic mass is 16.3. The molecule has 0 saturated heterocycles. The molecular formula is C31H32N6O3. The van der Waals surface area contributed by atoms with Crippen LogP contribution in [0.25, 0.3) is 0 Å². The largest absolute Gasteiger partial charge is 0.464 e. The van der Waals surface area contributed by atoms with E-state index in [4.69, 9.17) is 4.42 Å². The average molecular weight is 537 g/mol. The second-order valence-corrected chi connectivity index (χ2v) is 11.3. The molecule has 1 aliphatic carbocycles. The number of hydrogen-bond acceptors (Lipinski definition) is 7. The fourth-order valence-electron chi connectivity index (χ4n) is 5.67. The molecular weight excluding hydrogens is 504 g/mol. The minimum atomic E-state index is -0.542. The zero-order chi connectivity index (χ0) is 27.9. The number of fused-ring (bicyclic) bond motifs is 1. The molecule has 0 fully saturated rings. The van der Waals surface area contributed by atoms with Crippen molar-refractivity contribution in [1.29, 1.82) is 0 Å². The van der Waals surface area contributed by atoms with Gasteiger partial charge in [0.05, 0.1) is 24.5 Å². The molecule has 0 radical (unpaired) electrons. The van der Waals surface area contributed by atoms with Gasteiger partial charge in [0.15, 0.2) is 5.78 Å². The van der Waals surface area contributed by atoms with Crippen molar-refractivity contribution in [3.8, 4) is 0 Å². The molecule has 2 aliphatic rings. The van der Waals surface area contributed by atoms with E-state index in [-0.39, 0.29) is 23.7 Å². The number of nitrogens with one attached hydrogen (secondary N) is 2. The van der Waals surface area contributed by atoms with Gasteiger partial charge in [-0.15, -0.1) is 0 Å². The standard InChI is InChI=1S/C31H32N6O3/c1-20-8-13-27(40-20)30-29-24(14-31(2,3)15-26(29)38)35-23-6-4-5-7-25(23)37(30)17-28(39)34-22-11-9-21(10-12-22)16-36-19-32-18-33-36/h4-13,18-19,30,35H,14-17H2,1-3H3,(H,34,39). The number of ketones is 1. The summed E-state index contributed by atoms with van der Waals surface area (Å²) in [6.45, 7) is 6.73. The van der Waals surface area contributed by atoms with E-state index in [0.29, 0.717) is 30.0 Å². The molecule has 0 bridgehead atoms. The first kappa shape index (κ1) is 25.6. The molecule has 40 heavy (non-hydrogen) atoms. The number of carbonyl (C=O) groups excluding carboxylic acids is 2. The van der Waals surface area contributed by atoms with Crippen molar-refractivity contribution in [3.63, 3.8) is 0 Å². The third-order valence-corrected chi connectivity index (χ3v) is 7.40. The summed E-state index contributed by atoms with van der Waals surface area (Å²) in [6.07, 6.45) is 4.32. The number of para-hydroxylation sites is 2. The van der Waals surface area contributed by atoms with Gasteiger partial charge in [-0.3, -0.25) is 9.59 Å². The number of aromatic nitrogens is 3. The van der Waals surface area contributed by atoms with Crippen LogP contribution in [-0.4, -0.2) is 33.0 Å². The van der Waals surface area contributed by atoms with Crippen LogP contribution in [0.4, 0.5) is 17.1 Å². The van der Waals surface area contributed by atoms with E-state index < -0.39 is 6.04 Å². The molecule has 9 nitrogen and oxygen atoms in total. The number of furan rings is 1. The van der Waals surface area contributed by atoms with E-state index >= 15 is 0 Å². The van der Waals surface area contributed by atoms with Gasteiger partial charge in [0.2, 0.25) is 5.91 Å². The molecule has 1 atom stereocenters. The number of benzene rings is 2. The van der Waals surface area contributed by atoms with Crippen molar-refractivity contribution in [1.82, 2.24) is 14.8 Å². The minimum absolute atomic E-state index is 0.0251. The zero-order valence-corrected chi connectivity index (χ0v) is 22.8. The molecule has 9 heteroatoms. The van der Waals surface area contributed by atoms with E-state index in [1.54, 1.807) is 11.0 Å². The fourth-order valence-corrected chi connectivity index (χ4v) is 5.67. The maximum absolute atomic E-state index is 13.7. The number of nitrogens with zero attached hydrogens (tertiary/aromatic N) is 4. The number of hydrogen-bond donors (Lipinski definition) is 2. The number of Topliss-reactive ketones (excluding diaryl/α,β-unsaturated/α-hetero) is 1. The quantitative estimate of drug-likeness (QED) is 0.336. The third kappa shape index (κ3) is 5.14. The Kier molecular flexibility index (Phi) is 6.50. The molecule has 2 aromatic heterocycles. The SMILES string of the molecule is Cc1ccc(C2C3=C(CC(C)(C)CC3=O)Nc3ccccc3N2CC(=O)Nc2ccc(Cn3cncn3)cc2)o1. The lowest BCUT2D eigenvalue weighted by molar-refractivity contribution is -0.119. The smallest absolute Gasteiger partial charge is 0.243 e. The summed E-state index contributed by atoms with van der Waals surface area (Å²) < 4.78 is 7.87. The van der Waals surface area contributed by atoms with Gasteiger partial charge in [0, 0.05) is 23.4 Å². The van der Waals surface area contributed by atoms with E-state index in [0.717, 1.165) is 34.8 Å². The van der Waals surface area contributed by atoms with Gasteiger partial charge < -0.3 is 20.0 Å². The van der Waals surface area contributed by atoms with Crippen LogP contribution in [0.1, 0.15) is 49.8 Å². The second-order valence-electron chi connectivity index (χ2n) is 11.3. The Balaban J connectivity index is 1.33. The van der Waals surface area contributed by atoms with Gasteiger partial charge in [-0.25, -0.2) is 9.67 Å². The van der Waals surface area contributed by atoms with E-state index in [1.165, 1.54) is 6.33 Å². The van der Waals surface area contributed by atoms with E-state index in [9.17, 15) is 9.59 Å². The highest BCUT2D eigenvalue weighted by molar-refractivity contribution is 6.02. The lowest BCUT2D eigenvalue weighted by Crippen LogP contribution is -2.40. The van der Waals surface area contributed by atoms with Crippen LogP contribution in [0.5, 0.6) is 0 Å². The summed E-state index contributed by atoms with van der Waals surface area (Å²) in [5.41, 5.74) is 4.80. The topological polar surface area (TPSA) is 105 Å². The van der Waals surface area contributed by atoms with Crippen LogP contribution in [0, 0.1) is 12.3 Å². The summed E-state index contributed by atoms with van der Waals surface area (Å²) >= 11 is 0. The Morgan fingerprint density at radius 1 is 1.10 bits per heavy atom. The first-order valence-corrected chi connectivity index (χ1v) is 13.4. The number of carbonyl (C=O) groups is 2. The van der Waals surface area contributed by atoms with Crippen LogP contribution in [0.3, 0.4) is 0 Å². The molecule has 3 heterocycles. The predicted octanol–water partition coefficient (Wildman–Crippen LogP) is 5.48. The summed E-state index contributed by atoms with van der Waals surface area (Å²) in [4.78, 5) is 33.2. The molecule has 204 valence electrons. The third-order valence-electron chi connectivity index (χ3n) is 7.40. The maximum atomic E-state index is 13.7. The van der Waals surface area contributed by atoms with Crippen LogP contribution < -0.4 is 15.5 Å². The number of rotatable bonds is 6. The highest BCUT2D eigenvalue weighted by Gasteiger charge is 2.43. The van der Waals surface area contributed by atoms with Gasteiger partial charge >= 0.3 is 0 Å². The van der Waals surface area contributed by atoms with E-state index in [2.05, 4.69) is 34.6 Å². The highest BCUT2D eigenvalue weighted by Crippen LogP contribution is 2.48. The summed E-state index contributed by atoms with van der Waals surface area (Å²) in [6, 6.07) is 18.8. The molecule has 4 aromatic rings. The maximum Gasteiger partial charge on any atom is 0.243 e. The van der Waals surface area contributed by atoms with Gasteiger partial charge in [-0.2, -0.15) is 5.10 Å². The molecule has 0 spiro atoms.